The van der Waals surface area contributed by atoms with Crippen LogP contribution in [0.3, 0.4) is 0 Å². The summed E-state index contributed by atoms with van der Waals surface area (Å²) in [6.45, 7) is 1.69. The Morgan fingerprint density at radius 2 is 2.06 bits per heavy atom. The number of esters is 1. The maximum Gasteiger partial charge on any atom is 0.330 e. The van der Waals surface area contributed by atoms with Gasteiger partial charge in [0, 0.05) is 13.2 Å². The summed E-state index contributed by atoms with van der Waals surface area (Å²) in [5.41, 5.74) is 0. The number of ether oxygens (including phenoxy) is 2. The molecule has 0 aromatic heterocycles. The average Bonchev–Trinajstić information content (AvgIpc) is 2.28. The van der Waals surface area contributed by atoms with Gasteiger partial charge in [0.05, 0.1) is 6.61 Å². The molecule has 0 spiro atoms. The number of methoxy groups -OCH3 is 1. The summed E-state index contributed by atoms with van der Waals surface area (Å²) in [4.78, 5) is 32.9. The van der Waals surface area contributed by atoms with Crippen molar-refractivity contribution in [1.29, 1.82) is 0 Å². The number of carboxylic acid groups (broad SMARTS) is 1. The molecule has 0 heterocycles. The van der Waals surface area contributed by atoms with Crippen LogP contribution in [0.1, 0.15) is 13.3 Å². The summed E-state index contributed by atoms with van der Waals surface area (Å²) >= 11 is 0. The third-order valence-electron chi connectivity index (χ3n) is 1.82. The van der Waals surface area contributed by atoms with E-state index in [9.17, 15) is 14.4 Å². The first kappa shape index (κ1) is 16.1. The Kier molecular flexibility index (Phi) is 8.21. The van der Waals surface area contributed by atoms with Crippen molar-refractivity contribution in [2.24, 2.45) is 0 Å². The fourth-order valence-corrected chi connectivity index (χ4v) is 1.08. The minimum absolute atomic E-state index is 0.0103. The van der Waals surface area contributed by atoms with Crippen molar-refractivity contribution in [2.75, 3.05) is 20.3 Å². The highest BCUT2D eigenvalue weighted by Crippen LogP contribution is 1.95. The lowest BCUT2D eigenvalue weighted by atomic mass is 10.2. The molecular weight excluding hydrogens is 242 g/mol. The van der Waals surface area contributed by atoms with E-state index in [0.29, 0.717) is 0 Å². The molecule has 2 N–H and O–H groups in total. The Bertz CT molecular complexity index is 325. The molecule has 7 nitrogen and oxygen atoms in total. The quantitative estimate of drug-likeness (QED) is 0.459. The maximum atomic E-state index is 11.1. The predicted molar refractivity (Wildman–Crippen MR) is 61.8 cm³/mol. The molecule has 0 aliphatic heterocycles. The van der Waals surface area contributed by atoms with Crippen molar-refractivity contribution in [1.82, 2.24) is 5.32 Å². The summed E-state index contributed by atoms with van der Waals surface area (Å²) in [6.07, 6.45) is 2.45. The SMILES string of the molecule is CCOC(=O)/C=C/C[C@@H](NC(=O)COC)C(=O)O. The standard InChI is InChI=1S/C11H17NO6/c1-3-18-10(14)6-4-5-8(11(15)16)12-9(13)7-17-2/h4,6,8H,3,5,7H2,1-2H3,(H,12,13)(H,15,16)/b6-4+/t8-/m1/s1. The van der Waals surface area contributed by atoms with Crippen LogP contribution in [-0.2, 0) is 23.9 Å². The molecule has 0 rings (SSSR count). The average molecular weight is 259 g/mol. The highest BCUT2D eigenvalue weighted by atomic mass is 16.5. The second-order valence-corrected chi connectivity index (χ2v) is 3.28. The van der Waals surface area contributed by atoms with Gasteiger partial charge < -0.3 is 19.9 Å². The zero-order chi connectivity index (χ0) is 14.0. The van der Waals surface area contributed by atoms with Gasteiger partial charge >= 0.3 is 11.9 Å². The van der Waals surface area contributed by atoms with Gasteiger partial charge in [0.2, 0.25) is 5.91 Å². The molecular formula is C11H17NO6. The Hall–Kier alpha value is -1.89. The van der Waals surface area contributed by atoms with E-state index >= 15 is 0 Å². The summed E-state index contributed by atoms with van der Waals surface area (Å²) in [6, 6.07) is -1.10. The van der Waals surface area contributed by atoms with Crippen molar-refractivity contribution < 1.29 is 29.0 Å². The van der Waals surface area contributed by atoms with E-state index < -0.39 is 23.9 Å². The molecule has 0 aromatic carbocycles. The van der Waals surface area contributed by atoms with Crippen LogP contribution in [0.25, 0.3) is 0 Å². The van der Waals surface area contributed by atoms with Gasteiger partial charge in [-0.05, 0) is 13.3 Å². The van der Waals surface area contributed by atoms with Gasteiger partial charge in [-0.15, -0.1) is 0 Å². The number of hydrogen-bond acceptors (Lipinski definition) is 5. The Labute approximate surface area is 105 Å². The normalized spacial score (nSPS) is 12.1. The highest BCUT2D eigenvalue weighted by molar-refractivity contribution is 5.85. The van der Waals surface area contributed by atoms with E-state index in [0.717, 1.165) is 6.08 Å². The molecule has 0 aliphatic carbocycles. The zero-order valence-corrected chi connectivity index (χ0v) is 10.3. The lowest BCUT2D eigenvalue weighted by molar-refractivity contribution is -0.142. The van der Waals surface area contributed by atoms with E-state index in [1.165, 1.54) is 13.2 Å². The fraction of sp³-hybridized carbons (Fsp3) is 0.545. The molecule has 0 fully saturated rings. The third kappa shape index (κ3) is 7.39. The molecule has 7 heteroatoms. The third-order valence-corrected chi connectivity index (χ3v) is 1.82. The van der Waals surface area contributed by atoms with Gasteiger partial charge in [0.25, 0.3) is 0 Å². The number of carbonyl (C=O) groups is 3. The van der Waals surface area contributed by atoms with Crippen molar-refractivity contribution in [3.63, 3.8) is 0 Å². The summed E-state index contributed by atoms with van der Waals surface area (Å²) < 4.78 is 9.19. The molecule has 0 bridgehead atoms. The lowest BCUT2D eigenvalue weighted by Gasteiger charge is -2.11. The second kappa shape index (κ2) is 9.17. The fourth-order valence-electron chi connectivity index (χ4n) is 1.08. The first-order chi connectivity index (χ1) is 8.51. The van der Waals surface area contributed by atoms with Crippen LogP contribution >= 0.6 is 0 Å². The molecule has 0 saturated heterocycles. The minimum Gasteiger partial charge on any atom is -0.480 e. The number of amides is 1. The molecule has 1 amide bonds. The van der Waals surface area contributed by atoms with Gasteiger partial charge in [-0.3, -0.25) is 4.79 Å². The topological polar surface area (TPSA) is 102 Å². The van der Waals surface area contributed by atoms with Gasteiger partial charge in [-0.2, -0.15) is 0 Å². The van der Waals surface area contributed by atoms with Crippen molar-refractivity contribution in [3.8, 4) is 0 Å². The van der Waals surface area contributed by atoms with Crippen LogP contribution < -0.4 is 5.32 Å². The van der Waals surface area contributed by atoms with E-state index in [2.05, 4.69) is 14.8 Å². The number of carboxylic acids is 1. The van der Waals surface area contributed by atoms with Gasteiger partial charge in [0.1, 0.15) is 12.6 Å². The van der Waals surface area contributed by atoms with Crippen LogP contribution in [0.2, 0.25) is 0 Å². The molecule has 0 aromatic rings. The number of hydrogen-bond donors (Lipinski definition) is 2. The van der Waals surface area contributed by atoms with Crippen LogP contribution in [0.15, 0.2) is 12.2 Å². The smallest absolute Gasteiger partial charge is 0.330 e. The first-order valence-electron chi connectivity index (χ1n) is 5.35. The number of nitrogens with one attached hydrogen (secondary N) is 1. The number of rotatable bonds is 8. The maximum absolute atomic E-state index is 11.1. The van der Waals surface area contributed by atoms with Gasteiger partial charge in [-0.1, -0.05) is 6.08 Å². The number of aliphatic carboxylic acids is 1. The molecule has 1 atom stereocenters. The van der Waals surface area contributed by atoms with Crippen molar-refractivity contribution >= 4 is 17.8 Å². The lowest BCUT2D eigenvalue weighted by Crippen LogP contribution is -2.42. The van der Waals surface area contributed by atoms with E-state index in [1.807, 2.05) is 0 Å². The Morgan fingerprint density at radius 3 is 2.56 bits per heavy atom. The van der Waals surface area contributed by atoms with Crippen LogP contribution in [0.5, 0.6) is 0 Å². The Balaban J connectivity index is 4.24. The van der Waals surface area contributed by atoms with Crippen molar-refractivity contribution in [2.45, 2.75) is 19.4 Å². The van der Waals surface area contributed by atoms with Crippen LogP contribution in [0, 0.1) is 0 Å². The monoisotopic (exact) mass is 259 g/mol. The number of carbonyl (C=O) groups excluding carboxylic acids is 2. The molecule has 0 unspecified atom stereocenters. The van der Waals surface area contributed by atoms with Crippen LogP contribution in [-0.4, -0.2) is 49.3 Å². The van der Waals surface area contributed by atoms with Crippen molar-refractivity contribution in [3.05, 3.63) is 12.2 Å². The first-order valence-corrected chi connectivity index (χ1v) is 5.35. The summed E-state index contributed by atoms with van der Waals surface area (Å²) in [5, 5.41) is 11.1. The van der Waals surface area contributed by atoms with Gasteiger partial charge in [-0.25, -0.2) is 9.59 Å². The second-order valence-electron chi connectivity index (χ2n) is 3.28. The summed E-state index contributed by atoms with van der Waals surface area (Å²) in [5.74, 6) is -2.27. The Morgan fingerprint density at radius 1 is 1.39 bits per heavy atom. The van der Waals surface area contributed by atoms with E-state index in [-0.39, 0.29) is 19.6 Å². The van der Waals surface area contributed by atoms with E-state index in [4.69, 9.17) is 5.11 Å². The summed E-state index contributed by atoms with van der Waals surface area (Å²) in [7, 11) is 1.33. The largest absolute Gasteiger partial charge is 0.480 e. The molecule has 102 valence electrons. The molecule has 0 aliphatic rings. The van der Waals surface area contributed by atoms with E-state index in [1.54, 1.807) is 6.92 Å². The van der Waals surface area contributed by atoms with Crippen LogP contribution in [0.4, 0.5) is 0 Å². The van der Waals surface area contributed by atoms with Gasteiger partial charge in [0.15, 0.2) is 0 Å². The minimum atomic E-state index is -1.19. The highest BCUT2D eigenvalue weighted by Gasteiger charge is 2.18. The predicted octanol–water partition coefficient (Wildman–Crippen LogP) is -0.288. The molecule has 18 heavy (non-hydrogen) atoms. The molecule has 0 saturated carbocycles. The molecule has 0 radical (unpaired) electrons. The zero-order valence-electron chi connectivity index (χ0n) is 10.3.